The molecule has 0 aromatic carbocycles. The zero-order valence-electron chi connectivity index (χ0n) is 18.3. The van der Waals surface area contributed by atoms with Gasteiger partial charge in [0.2, 0.25) is 0 Å². The third-order valence-electron chi connectivity index (χ3n) is 9.07. The lowest BCUT2D eigenvalue weighted by molar-refractivity contribution is -0.136. The van der Waals surface area contributed by atoms with Crippen molar-refractivity contribution in [3.63, 3.8) is 0 Å². The summed E-state index contributed by atoms with van der Waals surface area (Å²) in [6.45, 7) is 6.15. The van der Waals surface area contributed by atoms with E-state index in [1.54, 1.807) is 6.92 Å². The lowest BCUT2D eigenvalue weighted by Gasteiger charge is -2.57. The second kappa shape index (κ2) is 7.47. The van der Waals surface area contributed by atoms with Crippen LogP contribution in [0.2, 0.25) is 0 Å². The summed E-state index contributed by atoms with van der Waals surface area (Å²) in [6.07, 6.45) is 8.54. The normalized spacial score (nSPS) is 43.8. The molecule has 30 heavy (non-hydrogen) atoms. The molecular weight excluding hydrogens is 400 g/mol. The fourth-order valence-corrected chi connectivity index (χ4v) is 8.11. The van der Waals surface area contributed by atoms with Gasteiger partial charge in [-0.3, -0.25) is 14.4 Å². The summed E-state index contributed by atoms with van der Waals surface area (Å²) in [5.74, 6) is 0.472. The number of thioether (sulfide) groups is 1. The molecule has 4 aliphatic rings. The average molecular weight is 435 g/mol. The highest BCUT2D eigenvalue weighted by atomic mass is 32.2. The standard InChI is InChI=1S/C24H34O5S/c1-14(21(27)28)30-12-20(26)24(29)11-19-17-5-4-15-10-16(25)6-9-23(15,3)18(17)7-8-22(19,2)13-24/h10,14,17-19,29H,4-9,11-13H2,1-3H3,(H,27,28). The maximum Gasteiger partial charge on any atom is 0.316 e. The van der Waals surface area contributed by atoms with Crippen LogP contribution in [0.15, 0.2) is 11.6 Å². The first-order valence-corrected chi connectivity index (χ1v) is 12.4. The molecule has 0 aromatic rings. The minimum Gasteiger partial charge on any atom is -0.480 e. The van der Waals surface area contributed by atoms with Crippen LogP contribution < -0.4 is 0 Å². The minimum absolute atomic E-state index is 0.0449. The molecule has 0 bridgehead atoms. The molecule has 0 aromatic heterocycles. The topological polar surface area (TPSA) is 91.7 Å². The molecule has 0 saturated heterocycles. The number of carbonyl (C=O) groups is 3. The average Bonchev–Trinajstić information content (AvgIpc) is 2.98. The number of rotatable bonds is 5. The number of carboxylic acids is 1. The smallest absolute Gasteiger partial charge is 0.316 e. The molecule has 166 valence electrons. The van der Waals surface area contributed by atoms with E-state index >= 15 is 0 Å². The highest BCUT2D eigenvalue weighted by Gasteiger charge is 2.62. The lowest BCUT2D eigenvalue weighted by Crippen LogP contribution is -2.49. The molecule has 3 saturated carbocycles. The van der Waals surface area contributed by atoms with Crippen molar-refractivity contribution in [2.75, 3.05) is 5.75 Å². The first-order chi connectivity index (χ1) is 14.0. The molecular formula is C24H34O5S. The van der Waals surface area contributed by atoms with Gasteiger partial charge < -0.3 is 10.2 Å². The van der Waals surface area contributed by atoms with Crippen LogP contribution in [0.1, 0.15) is 72.1 Å². The maximum absolute atomic E-state index is 13.0. The first kappa shape index (κ1) is 22.1. The monoisotopic (exact) mass is 434 g/mol. The van der Waals surface area contributed by atoms with Crippen LogP contribution in [0.5, 0.6) is 0 Å². The van der Waals surface area contributed by atoms with Gasteiger partial charge >= 0.3 is 5.97 Å². The Balaban J connectivity index is 1.53. The molecule has 0 spiro atoms. The lowest BCUT2D eigenvalue weighted by atomic mass is 9.47. The summed E-state index contributed by atoms with van der Waals surface area (Å²) in [5.41, 5.74) is 0.0258. The Bertz CT molecular complexity index is 805. The van der Waals surface area contributed by atoms with Gasteiger partial charge in [0.15, 0.2) is 11.6 Å². The molecule has 7 atom stereocenters. The Morgan fingerprint density at radius 2 is 1.93 bits per heavy atom. The van der Waals surface area contributed by atoms with Crippen molar-refractivity contribution < 1.29 is 24.6 Å². The third-order valence-corrected chi connectivity index (χ3v) is 10.2. The molecule has 4 rings (SSSR count). The van der Waals surface area contributed by atoms with E-state index in [0.29, 0.717) is 37.0 Å². The predicted molar refractivity (Wildman–Crippen MR) is 116 cm³/mol. The molecule has 2 N–H and O–H groups in total. The second-order valence-electron chi connectivity index (χ2n) is 10.8. The predicted octanol–water partition coefficient (Wildman–Crippen LogP) is 4.02. The summed E-state index contributed by atoms with van der Waals surface area (Å²) in [7, 11) is 0. The summed E-state index contributed by atoms with van der Waals surface area (Å²) >= 11 is 1.10. The zero-order valence-corrected chi connectivity index (χ0v) is 19.1. The van der Waals surface area contributed by atoms with Crippen LogP contribution in [0.3, 0.4) is 0 Å². The third kappa shape index (κ3) is 3.48. The molecule has 0 aliphatic heterocycles. The largest absolute Gasteiger partial charge is 0.480 e. The molecule has 5 nitrogen and oxygen atoms in total. The van der Waals surface area contributed by atoms with Crippen molar-refractivity contribution in [2.45, 2.75) is 83.0 Å². The molecule has 0 radical (unpaired) electrons. The van der Waals surface area contributed by atoms with E-state index in [1.807, 2.05) is 6.08 Å². The molecule has 4 aliphatic carbocycles. The highest BCUT2D eigenvalue weighted by Crippen LogP contribution is 2.66. The van der Waals surface area contributed by atoms with E-state index in [2.05, 4.69) is 13.8 Å². The Kier molecular flexibility index (Phi) is 5.50. The zero-order chi connectivity index (χ0) is 21.9. The van der Waals surface area contributed by atoms with Crippen molar-refractivity contribution in [3.05, 3.63) is 11.6 Å². The van der Waals surface area contributed by atoms with Crippen molar-refractivity contribution >= 4 is 29.3 Å². The number of hydrogen-bond donors (Lipinski definition) is 2. The molecule has 0 heterocycles. The van der Waals surface area contributed by atoms with Crippen molar-refractivity contribution in [1.82, 2.24) is 0 Å². The fourth-order valence-electron chi connectivity index (χ4n) is 7.29. The number of carboxylic acid groups (broad SMARTS) is 1. The number of aliphatic hydroxyl groups is 1. The highest BCUT2D eigenvalue weighted by molar-refractivity contribution is 8.01. The number of ketones is 2. The Morgan fingerprint density at radius 3 is 2.63 bits per heavy atom. The fraction of sp³-hybridized carbons (Fsp3) is 0.792. The Hall–Kier alpha value is -1.14. The van der Waals surface area contributed by atoms with Crippen molar-refractivity contribution in [3.8, 4) is 0 Å². The quantitative estimate of drug-likeness (QED) is 0.679. The van der Waals surface area contributed by atoms with Gasteiger partial charge in [0.05, 0.1) is 11.0 Å². The number of hydrogen-bond acceptors (Lipinski definition) is 5. The number of aliphatic carboxylic acids is 1. The van der Waals surface area contributed by atoms with Gasteiger partial charge in [0, 0.05) is 6.42 Å². The van der Waals surface area contributed by atoms with Gasteiger partial charge in [-0.2, -0.15) is 0 Å². The van der Waals surface area contributed by atoms with E-state index < -0.39 is 16.8 Å². The van der Waals surface area contributed by atoms with Crippen LogP contribution in [-0.4, -0.2) is 44.4 Å². The molecule has 6 heteroatoms. The molecule has 7 unspecified atom stereocenters. The van der Waals surface area contributed by atoms with Gasteiger partial charge in [-0.25, -0.2) is 0 Å². The van der Waals surface area contributed by atoms with Crippen molar-refractivity contribution in [2.24, 2.45) is 28.6 Å². The summed E-state index contributed by atoms with van der Waals surface area (Å²) in [5, 5.41) is 19.8. The van der Waals surface area contributed by atoms with Crippen LogP contribution in [0, 0.1) is 28.6 Å². The van der Waals surface area contributed by atoms with E-state index in [4.69, 9.17) is 5.11 Å². The van der Waals surface area contributed by atoms with Crippen LogP contribution >= 0.6 is 11.8 Å². The first-order valence-electron chi connectivity index (χ1n) is 11.3. The summed E-state index contributed by atoms with van der Waals surface area (Å²) in [6, 6.07) is 0. The number of carbonyl (C=O) groups excluding carboxylic acids is 2. The van der Waals surface area contributed by atoms with E-state index in [-0.39, 0.29) is 28.1 Å². The molecule has 0 amide bonds. The van der Waals surface area contributed by atoms with Crippen LogP contribution in [0.25, 0.3) is 0 Å². The van der Waals surface area contributed by atoms with Crippen LogP contribution in [-0.2, 0) is 14.4 Å². The van der Waals surface area contributed by atoms with Gasteiger partial charge in [-0.05, 0) is 86.5 Å². The van der Waals surface area contributed by atoms with Gasteiger partial charge in [-0.15, -0.1) is 11.8 Å². The second-order valence-corrected chi connectivity index (χ2v) is 12.1. The maximum atomic E-state index is 13.0. The number of Topliss-reactive ketones (excluding diaryl/α,β-unsaturated/α-hetero) is 1. The van der Waals surface area contributed by atoms with Gasteiger partial charge in [0.1, 0.15) is 5.60 Å². The van der Waals surface area contributed by atoms with Crippen molar-refractivity contribution in [1.29, 1.82) is 0 Å². The van der Waals surface area contributed by atoms with E-state index in [0.717, 1.165) is 43.9 Å². The minimum atomic E-state index is -1.33. The van der Waals surface area contributed by atoms with Gasteiger partial charge in [0.25, 0.3) is 0 Å². The Labute approximate surface area is 183 Å². The number of fused-ring (bicyclic) bond motifs is 5. The number of allylic oxidation sites excluding steroid dienone is 1. The summed E-state index contributed by atoms with van der Waals surface area (Å²) < 4.78 is 0. The van der Waals surface area contributed by atoms with Gasteiger partial charge in [-0.1, -0.05) is 19.4 Å². The van der Waals surface area contributed by atoms with E-state index in [1.165, 1.54) is 5.57 Å². The summed E-state index contributed by atoms with van der Waals surface area (Å²) in [4.78, 5) is 36.0. The van der Waals surface area contributed by atoms with E-state index in [9.17, 15) is 19.5 Å². The van der Waals surface area contributed by atoms with Crippen LogP contribution in [0.4, 0.5) is 0 Å². The SMILES string of the molecule is CC(SCC(=O)C1(O)CC2C3CCC4=CC(=O)CCC4(C)C3CCC2(C)C1)C(=O)O. The molecule has 3 fully saturated rings. The Morgan fingerprint density at radius 1 is 1.20 bits per heavy atom.